The molecule has 3 N–H and O–H groups in total. The summed E-state index contributed by atoms with van der Waals surface area (Å²) >= 11 is 0. The van der Waals surface area contributed by atoms with E-state index < -0.39 is 0 Å². The summed E-state index contributed by atoms with van der Waals surface area (Å²) < 4.78 is 0. The highest BCUT2D eigenvalue weighted by Gasteiger charge is 2.06. The summed E-state index contributed by atoms with van der Waals surface area (Å²) in [5.74, 6) is -0.294. The van der Waals surface area contributed by atoms with Crippen molar-refractivity contribution in [1.82, 2.24) is 0 Å². The maximum Gasteiger partial charge on any atom is 0.243 e. The Kier molecular flexibility index (Phi) is 6.93. The summed E-state index contributed by atoms with van der Waals surface area (Å²) in [6.07, 6.45) is 0.413. The maximum atomic E-state index is 12.1. The summed E-state index contributed by atoms with van der Waals surface area (Å²) in [7, 11) is 1.71. The highest BCUT2D eigenvalue weighted by Crippen LogP contribution is 2.17. The van der Waals surface area contributed by atoms with Crippen molar-refractivity contribution in [2.75, 3.05) is 34.4 Å². The Balaban J connectivity index is 1.83. The third kappa shape index (κ3) is 6.14. The van der Waals surface area contributed by atoms with Crippen LogP contribution in [0.15, 0.2) is 48.5 Å². The molecule has 7 heteroatoms. The number of nitrogens with zero attached hydrogens (tertiary/aromatic N) is 1. The Bertz CT molecular complexity index is 801. The van der Waals surface area contributed by atoms with E-state index in [9.17, 15) is 14.4 Å². The van der Waals surface area contributed by atoms with Crippen LogP contribution >= 0.6 is 0 Å². The van der Waals surface area contributed by atoms with E-state index in [1.54, 1.807) is 43.1 Å². The van der Waals surface area contributed by atoms with Gasteiger partial charge in [0.25, 0.3) is 0 Å². The first-order chi connectivity index (χ1) is 12.9. The van der Waals surface area contributed by atoms with Gasteiger partial charge in [0.2, 0.25) is 17.7 Å². The number of hydrogen-bond acceptors (Lipinski definition) is 4. The van der Waals surface area contributed by atoms with Gasteiger partial charge in [-0.15, -0.1) is 0 Å². The molecule has 0 atom stereocenters. The van der Waals surface area contributed by atoms with Crippen LogP contribution in [0.1, 0.15) is 20.3 Å². The van der Waals surface area contributed by atoms with Gasteiger partial charge in [-0.3, -0.25) is 14.4 Å². The van der Waals surface area contributed by atoms with Gasteiger partial charge in [-0.2, -0.15) is 0 Å². The van der Waals surface area contributed by atoms with Gasteiger partial charge in [0.15, 0.2) is 0 Å². The van der Waals surface area contributed by atoms with E-state index in [0.717, 1.165) is 11.4 Å². The van der Waals surface area contributed by atoms with Crippen molar-refractivity contribution in [2.45, 2.75) is 20.3 Å². The van der Waals surface area contributed by atoms with E-state index >= 15 is 0 Å². The van der Waals surface area contributed by atoms with E-state index in [-0.39, 0.29) is 24.3 Å². The van der Waals surface area contributed by atoms with E-state index in [2.05, 4.69) is 16.0 Å². The maximum absolute atomic E-state index is 12.1. The Morgan fingerprint density at radius 3 is 1.78 bits per heavy atom. The monoisotopic (exact) mass is 368 g/mol. The SMILES string of the molecule is CCC(=O)Nc1ccc(NC(=O)CNc2ccc(N(C)C(C)=O)cc2)cc1. The number of carbonyl (C=O) groups excluding carboxylic acids is 3. The summed E-state index contributed by atoms with van der Waals surface area (Å²) in [5, 5.41) is 8.57. The topological polar surface area (TPSA) is 90.5 Å². The van der Waals surface area contributed by atoms with Crippen LogP contribution in [0.2, 0.25) is 0 Å². The Morgan fingerprint density at radius 1 is 0.815 bits per heavy atom. The summed E-state index contributed by atoms with van der Waals surface area (Å²) in [6, 6.07) is 14.2. The molecule has 2 aromatic carbocycles. The number of anilines is 4. The lowest BCUT2D eigenvalue weighted by Gasteiger charge is -2.15. The summed E-state index contributed by atoms with van der Waals surface area (Å²) in [5.41, 5.74) is 2.90. The number of benzene rings is 2. The van der Waals surface area contributed by atoms with Crippen LogP contribution in [0.3, 0.4) is 0 Å². The van der Waals surface area contributed by atoms with Gasteiger partial charge in [-0.05, 0) is 48.5 Å². The molecule has 0 aliphatic carbocycles. The minimum Gasteiger partial charge on any atom is -0.376 e. The van der Waals surface area contributed by atoms with Gasteiger partial charge in [0.1, 0.15) is 0 Å². The Hall–Kier alpha value is -3.35. The lowest BCUT2D eigenvalue weighted by Crippen LogP contribution is -2.23. The first-order valence-corrected chi connectivity index (χ1v) is 8.67. The predicted octanol–water partition coefficient (Wildman–Crippen LogP) is 3.07. The molecule has 2 rings (SSSR count). The third-order valence-corrected chi connectivity index (χ3v) is 3.95. The minimum atomic E-state index is -0.190. The van der Waals surface area contributed by atoms with Crippen molar-refractivity contribution in [2.24, 2.45) is 0 Å². The van der Waals surface area contributed by atoms with Crippen LogP contribution in [0.4, 0.5) is 22.7 Å². The van der Waals surface area contributed by atoms with Crippen LogP contribution < -0.4 is 20.9 Å². The average Bonchev–Trinajstić information content (AvgIpc) is 2.67. The second-order valence-corrected chi connectivity index (χ2v) is 6.01. The molecule has 0 spiro atoms. The van der Waals surface area contributed by atoms with Crippen LogP contribution in [0, 0.1) is 0 Å². The predicted molar refractivity (Wildman–Crippen MR) is 108 cm³/mol. The second-order valence-electron chi connectivity index (χ2n) is 6.01. The number of amides is 3. The normalized spacial score (nSPS) is 10.0. The second kappa shape index (κ2) is 9.38. The first kappa shape index (κ1) is 20.0. The quantitative estimate of drug-likeness (QED) is 0.700. The zero-order valence-corrected chi connectivity index (χ0v) is 15.7. The molecule has 7 nitrogen and oxygen atoms in total. The molecule has 142 valence electrons. The zero-order valence-electron chi connectivity index (χ0n) is 15.7. The van der Waals surface area contributed by atoms with Crippen LogP contribution in [-0.2, 0) is 14.4 Å². The standard InChI is InChI=1S/C20H24N4O3/c1-4-19(26)22-16-5-7-17(8-6-16)23-20(27)13-21-15-9-11-18(12-10-15)24(3)14(2)25/h5-12,21H,4,13H2,1-3H3,(H,22,26)(H,23,27). The van der Waals surface area contributed by atoms with Crippen LogP contribution in [0.5, 0.6) is 0 Å². The van der Waals surface area contributed by atoms with Gasteiger partial charge in [-0.1, -0.05) is 6.92 Å². The zero-order chi connectivity index (χ0) is 19.8. The molecule has 0 aliphatic heterocycles. The van der Waals surface area contributed by atoms with Crippen molar-refractivity contribution in [3.63, 3.8) is 0 Å². The molecule has 0 saturated heterocycles. The van der Waals surface area contributed by atoms with E-state index in [0.29, 0.717) is 17.8 Å². The molecule has 0 aromatic heterocycles. The lowest BCUT2D eigenvalue weighted by atomic mass is 10.2. The van der Waals surface area contributed by atoms with Crippen LogP contribution in [-0.4, -0.2) is 31.3 Å². The molecular formula is C20H24N4O3. The minimum absolute atomic E-state index is 0.0460. The van der Waals surface area contributed by atoms with Gasteiger partial charge in [-0.25, -0.2) is 0 Å². The molecule has 0 fully saturated rings. The molecule has 0 aliphatic rings. The van der Waals surface area contributed by atoms with Crippen molar-refractivity contribution in [1.29, 1.82) is 0 Å². The number of rotatable bonds is 7. The highest BCUT2D eigenvalue weighted by molar-refractivity contribution is 5.95. The van der Waals surface area contributed by atoms with Gasteiger partial charge < -0.3 is 20.9 Å². The number of carbonyl (C=O) groups is 3. The Labute approximate surface area is 158 Å². The molecule has 0 heterocycles. The molecular weight excluding hydrogens is 344 g/mol. The molecule has 0 bridgehead atoms. The van der Waals surface area contributed by atoms with Gasteiger partial charge >= 0.3 is 0 Å². The van der Waals surface area contributed by atoms with Crippen molar-refractivity contribution < 1.29 is 14.4 Å². The molecule has 2 aromatic rings. The van der Waals surface area contributed by atoms with E-state index in [1.165, 1.54) is 6.92 Å². The highest BCUT2D eigenvalue weighted by atomic mass is 16.2. The molecule has 27 heavy (non-hydrogen) atoms. The van der Waals surface area contributed by atoms with E-state index in [4.69, 9.17) is 0 Å². The number of hydrogen-bond donors (Lipinski definition) is 3. The summed E-state index contributed by atoms with van der Waals surface area (Å²) in [6.45, 7) is 3.39. The van der Waals surface area contributed by atoms with E-state index in [1.807, 2.05) is 24.3 Å². The average molecular weight is 368 g/mol. The fraction of sp³-hybridized carbons (Fsp3) is 0.250. The third-order valence-electron chi connectivity index (χ3n) is 3.95. The lowest BCUT2D eigenvalue weighted by molar-refractivity contribution is -0.116. The molecule has 0 saturated carbocycles. The van der Waals surface area contributed by atoms with Crippen LogP contribution in [0.25, 0.3) is 0 Å². The molecule has 0 radical (unpaired) electrons. The largest absolute Gasteiger partial charge is 0.376 e. The number of nitrogens with one attached hydrogen (secondary N) is 3. The molecule has 0 unspecified atom stereocenters. The van der Waals surface area contributed by atoms with Crippen molar-refractivity contribution in [3.8, 4) is 0 Å². The fourth-order valence-corrected chi connectivity index (χ4v) is 2.26. The smallest absolute Gasteiger partial charge is 0.243 e. The Morgan fingerprint density at radius 2 is 1.30 bits per heavy atom. The summed E-state index contributed by atoms with van der Waals surface area (Å²) in [4.78, 5) is 36.3. The fourth-order valence-electron chi connectivity index (χ4n) is 2.26. The van der Waals surface area contributed by atoms with Gasteiger partial charge in [0, 0.05) is 43.1 Å². The molecule has 3 amide bonds. The van der Waals surface area contributed by atoms with Crippen molar-refractivity contribution in [3.05, 3.63) is 48.5 Å². The van der Waals surface area contributed by atoms with Gasteiger partial charge in [0.05, 0.1) is 6.54 Å². The first-order valence-electron chi connectivity index (χ1n) is 8.67. The van der Waals surface area contributed by atoms with Crippen molar-refractivity contribution >= 4 is 40.5 Å².